The Morgan fingerprint density at radius 3 is 1.34 bits per heavy atom. The average molecular weight is 712 g/mol. The van der Waals surface area contributed by atoms with Crippen LogP contribution in [0.15, 0.2) is 0 Å². The van der Waals surface area contributed by atoms with Gasteiger partial charge in [0.2, 0.25) is 0 Å². The number of rotatable bonds is 39. The lowest BCUT2D eigenvalue weighted by atomic mass is 10.0. The van der Waals surface area contributed by atoms with Crippen molar-refractivity contribution in [3.63, 3.8) is 0 Å². The Labute approximate surface area is 308 Å². The van der Waals surface area contributed by atoms with Gasteiger partial charge in [-0.2, -0.15) is 0 Å². The number of aliphatic hydroxyl groups is 1. The highest BCUT2D eigenvalue weighted by Gasteiger charge is 2.14. The van der Waals surface area contributed by atoms with E-state index in [-0.39, 0.29) is 43.5 Å². The fraction of sp³-hybridized carbons (Fsp3) is 0.929. The Morgan fingerprint density at radius 1 is 0.460 bits per heavy atom. The van der Waals surface area contributed by atoms with Crippen LogP contribution in [0, 0.1) is 0 Å². The molecular formula is C42H81NO7. The van der Waals surface area contributed by atoms with Crippen molar-refractivity contribution in [2.24, 2.45) is 0 Å². The number of esters is 3. The number of unbranched alkanes of at least 4 members (excludes halogenated alkanes) is 19. The van der Waals surface area contributed by atoms with Gasteiger partial charge in [-0.15, -0.1) is 0 Å². The van der Waals surface area contributed by atoms with Crippen LogP contribution in [0.2, 0.25) is 0 Å². The van der Waals surface area contributed by atoms with Gasteiger partial charge >= 0.3 is 17.9 Å². The fourth-order valence-electron chi connectivity index (χ4n) is 6.29. The first-order valence-corrected chi connectivity index (χ1v) is 21.3. The van der Waals surface area contributed by atoms with Gasteiger partial charge in [0.05, 0.1) is 32.7 Å². The van der Waals surface area contributed by atoms with Gasteiger partial charge < -0.3 is 24.2 Å². The molecule has 1 atom stereocenters. The van der Waals surface area contributed by atoms with Gasteiger partial charge in [-0.1, -0.05) is 130 Å². The zero-order valence-corrected chi connectivity index (χ0v) is 33.2. The van der Waals surface area contributed by atoms with Gasteiger partial charge in [0.25, 0.3) is 0 Å². The SMILES string of the molecule is CCCCCCCCC(CCCCCCC)OC(=O)CCCCCCCN(CCO)CCCCCCOC(=O)CCC(=O)OCCCCCC. The van der Waals surface area contributed by atoms with E-state index in [0.717, 1.165) is 109 Å². The van der Waals surface area contributed by atoms with Crippen LogP contribution in [-0.2, 0) is 28.6 Å². The molecule has 0 heterocycles. The molecule has 0 fully saturated rings. The number of hydrogen-bond donors (Lipinski definition) is 1. The van der Waals surface area contributed by atoms with E-state index in [1.165, 1.54) is 70.6 Å². The number of ether oxygens (including phenoxy) is 3. The predicted molar refractivity (Wildman–Crippen MR) is 206 cm³/mol. The van der Waals surface area contributed by atoms with E-state index in [1.54, 1.807) is 0 Å². The summed E-state index contributed by atoms with van der Waals surface area (Å²) < 4.78 is 16.4. The van der Waals surface area contributed by atoms with Crippen molar-refractivity contribution in [2.75, 3.05) is 39.5 Å². The zero-order valence-electron chi connectivity index (χ0n) is 33.2. The van der Waals surface area contributed by atoms with Gasteiger partial charge in [0.1, 0.15) is 6.10 Å². The summed E-state index contributed by atoms with van der Waals surface area (Å²) in [5.74, 6) is -0.668. The number of carbonyl (C=O) groups is 3. The molecule has 0 radical (unpaired) electrons. The molecule has 50 heavy (non-hydrogen) atoms. The summed E-state index contributed by atoms with van der Waals surface area (Å²) in [5.41, 5.74) is 0. The van der Waals surface area contributed by atoms with Gasteiger partial charge in [-0.3, -0.25) is 14.4 Å². The molecule has 0 aliphatic heterocycles. The van der Waals surface area contributed by atoms with Crippen LogP contribution < -0.4 is 0 Å². The van der Waals surface area contributed by atoms with E-state index in [2.05, 4.69) is 25.7 Å². The molecule has 0 amide bonds. The maximum Gasteiger partial charge on any atom is 0.306 e. The lowest BCUT2D eigenvalue weighted by Gasteiger charge is -2.21. The van der Waals surface area contributed by atoms with Crippen LogP contribution >= 0.6 is 0 Å². The second-order valence-electron chi connectivity index (χ2n) is 14.4. The Morgan fingerprint density at radius 2 is 0.860 bits per heavy atom. The van der Waals surface area contributed by atoms with Crippen LogP contribution in [0.5, 0.6) is 0 Å². The standard InChI is InChI=1S/C42H81NO7/c1-4-7-10-13-16-22-29-39(28-21-15-11-8-5-2)50-42(47)30-23-17-14-18-24-33-43(35-36-44)34-25-19-20-27-38-49-41(46)32-31-40(45)48-37-26-12-9-6-3/h39,44H,4-38H2,1-3H3. The predicted octanol–water partition coefficient (Wildman–Crippen LogP) is 10.7. The maximum atomic E-state index is 12.6. The normalized spacial score (nSPS) is 11.9. The number of aliphatic hydroxyl groups excluding tert-OH is 1. The topological polar surface area (TPSA) is 102 Å². The minimum absolute atomic E-state index is 0.00721. The molecule has 8 heteroatoms. The third-order valence-electron chi connectivity index (χ3n) is 9.50. The van der Waals surface area contributed by atoms with Crippen molar-refractivity contribution in [1.29, 1.82) is 0 Å². The van der Waals surface area contributed by atoms with Gasteiger partial charge in [-0.05, 0) is 70.9 Å². The number of nitrogens with zero attached hydrogens (tertiary/aromatic N) is 1. The highest BCUT2D eigenvalue weighted by atomic mass is 16.5. The molecule has 0 aliphatic carbocycles. The molecular weight excluding hydrogens is 630 g/mol. The Kier molecular flexibility index (Phi) is 37.3. The lowest BCUT2D eigenvalue weighted by Crippen LogP contribution is -2.29. The first-order chi connectivity index (χ1) is 24.5. The summed E-state index contributed by atoms with van der Waals surface area (Å²) in [6, 6.07) is 0. The second-order valence-corrected chi connectivity index (χ2v) is 14.4. The molecule has 8 nitrogen and oxygen atoms in total. The third kappa shape index (κ3) is 34.8. The second kappa shape index (κ2) is 38.6. The summed E-state index contributed by atoms with van der Waals surface area (Å²) in [5, 5.41) is 9.51. The molecule has 0 saturated carbocycles. The van der Waals surface area contributed by atoms with Crippen LogP contribution in [0.3, 0.4) is 0 Å². The van der Waals surface area contributed by atoms with Crippen molar-refractivity contribution in [3.8, 4) is 0 Å². The van der Waals surface area contributed by atoms with Crippen molar-refractivity contribution < 1.29 is 33.7 Å². The molecule has 0 bridgehead atoms. The quantitative estimate of drug-likeness (QED) is 0.0382. The van der Waals surface area contributed by atoms with Crippen molar-refractivity contribution in [1.82, 2.24) is 4.90 Å². The van der Waals surface area contributed by atoms with Crippen LogP contribution in [-0.4, -0.2) is 73.5 Å². The minimum atomic E-state index is -0.335. The first kappa shape index (κ1) is 48.3. The maximum absolute atomic E-state index is 12.6. The highest BCUT2D eigenvalue weighted by Crippen LogP contribution is 2.18. The minimum Gasteiger partial charge on any atom is -0.466 e. The van der Waals surface area contributed by atoms with Crippen LogP contribution in [0.25, 0.3) is 0 Å². The largest absolute Gasteiger partial charge is 0.466 e. The Balaban J connectivity index is 3.96. The number of hydrogen-bond acceptors (Lipinski definition) is 8. The molecule has 0 aromatic carbocycles. The molecule has 1 N–H and O–H groups in total. The molecule has 0 spiro atoms. The molecule has 0 aromatic heterocycles. The Hall–Kier alpha value is -1.67. The van der Waals surface area contributed by atoms with E-state index in [9.17, 15) is 19.5 Å². The third-order valence-corrected chi connectivity index (χ3v) is 9.50. The molecule has 0 aromatic rings. The summed E-state index contributed by atoms with van der Waals surface area (Å²) in [6.07, 6.45) is 30.2. The summed E-state index contributed by atoms with van der Waals surface area (Å²) in [6.45, 7) is 10.3. The summed E-state index contributed by atoms with van der Waals surface area (Å²) >= 11 is 0. The van der Waals surface area contributed by atoms with E-state index in [1.807, 2.05) is 0 Å². The zero-order chi connectivity index (χ0) is 36.8. The smallest absolute Gasteiger partial charge is 0.306 e. The molecule has 296 valence electrons. The van der Waals surface area contributed by atoms with Gasteiger partial charge in [-0.25, -0.2) is 0 Å². The average Bonchev–Trinajstić information content (AvgIpc) is 3.10. The van der Waals surface area contributed by atoms with E-state index in [4.69, 9.17) is 14.2 Å². The van der Waals surface area contributed by atoms with Gasteiger partial charge in [0, 0.05) is 13.0 Å². The Bertz CT molecular complexity index is 762. The van der Waals surface area contributed by atoms with E-state index < -0.39 is 0 Å². The van der Waals surface area contributed by atoms with Crippen LogP contribution in [0.4, 0.5) is 0 Å². The van der Waals surface area contributed by atoms with Crippen molar-refractivity contribution >= 4 is 17.9 Å². The molecule has 0 saturated heterocycles. The molecule has 0 aliphatic rings. The lowest BCUT2D eigenvalue weighted by molar-refractivity contribution is -0.150. The summed E-state index contributed by atoms with van der Waals surface area (Å²) in [7, 11) is 0. The summed E-state index contributed by atoms with van der Waals surface area (Å²) in [4.78, 5) is 38.6. The fourth-order valence-corrected chi connectivity index (χ4v) is 6.29. The van der Waals surface area contributed by atoms with Crippen molar-refractivity contribution in [3.05, 3.63) is 0 Å². The van der Waals surface area contributed by atoms with E-state index in [0.29, 0.717) is 26.2 Å². The number of carbonyl (C=O) groups excluding carboxylic acids is 3. The molecule has 1 unspecified atom stereocenters. The highest BCUT2D eigenvalue weighted by molar-refractivity contribution is 5.77. The first-order valence-electron chi connectivity index (χ1n) is 21.3. The van der Waals surface area contributed by atoms with Gasteiger partial charge in [0.15, 0.2) is 0 Å². The van der Waals surface area contributed by atoms with E-state index >= 15 is 0 Å². The van der Waals surface area contributed by atoms with Crippen molar-refractivity contribution in [2.45, 2.75) is 213 Å². The molecule has 0 rings (SSSR count). The monoisotopic (exact) mass is 712 g/mol. The van der Waals surface area contributed by atoms with Crippen LogP contribution in [0.1, 0.15) is 207 Å².